The van der Waals surface area contributed by atoms with Crippen LogP contribution in [0.25, 0.3) is 16.4 Å². The molecule has 0 radical (unpaired) electrons. The first-order valence-electron chi connectivity index (χ1n) is 9.77. The number of carbonyl (C=O) groups excluding carboxylic acids is 3. The molecule has 0 aliphatic rings. The summed E-state index contributed by atoms with van der Waals surface area (Å²) in [5, 5.41) is 8.32. The number of imide groups is 1. The van der Waals surface area contributed by atoms with Gasteiger partial charge in [-0.05, 0) is 35.7 Å². The number of aromatic nitrogens is 3. The number of amides is 2. The van der Waals surface area contributed by atoms with Crippen molar-refractivity contribution in [1.29, 1.82) is 0 Å². The fraction of sp³-hybridized carbons (Fsp3) is 0.0870. The van der Waals surface area contributed by atoms with E-state index in [2.05, 4.69) is 15.4 Å². The standard InChI is InChI=1S/C23H18N4O5S/c1-31-17-11-6-5-10-16(17)22(29)24-19(28)14-32-23(30)20-25-21(18-12-7-13-33-18)27(26-20)15-8-3-2-4-9-15/h2-13H,14H2,1H3,(H,24,28,29). The first kappa shape index (κ1) is 21.9. The zero-order valence-electron chi connectivity index (χ0n) is 17.4. The highest BCUT2D eigenvalue weighted by atomic mass is 32.1. The van der Waals surface area contributed by atoms with E-state index < -0.39 is 24.4 Å². The second kappa shape index (κ2) is 9.88. The van der Waals surface area contributed by atoms with E-state index in [0.29, 0.717) is 17.3 Å². The molecule has 0 saturated heterocycles. The maximum Gasteiger partial charge on any atom is 0.378 e. The number of carbonyl (C=O) groups is 3. The third kappa shape index (κ3) is 4.96. The number of esters is 1. The third-order valence-electron chi connectivity index (χ3n) is 4.47. The zero-order chi connectivity index (χ0) is 23.2. The molecule has 0 bridgehead atoms. The van der Waals surface area contributed by atoms with E-state index in [1.807, 2.05) is 47.8 Å². The molecule has 0 aliphatic carbocycles. The van der Waals surface area contributed by atoms with Gasteiger partial charge in [0.05, 0.1) is 23.2 Å². The van der Waals surface area contributed by atoms with E-state index in [1.54, 1.807) is 18.2 Å². The van der Waals surface area contributed by atoms with Crippen molar-refractivity contribution in [3.8, 4) is 22.1 Å². The molecule has 1 N–H and O–H groups in total. The predicted molar refractivity (Wildman–Crippen MR) is 120 cm³/mol. The van der Waals surface area contributed by atoms with Crippen molar-refractivity contribution in [1.82, 2.24) is 20.1 Å². The Morgan fingerprint density at radius 1 is 1.00 bits per heavy atom. The summed E-state index contributed by atoms with van der Waals surface area (Å²) in [6, 6.07) is 19.4. The van der Waals surface area contributed by atoms with Gasteiger partial charge in [-0.15, -0.1) is 16.4 Å². The van der Waals surface area contributed by atoms with Crippen LogP contribution >= 0.6 is 11.3 Å². The number of ether oxygens (including phenoxy) is 2. The molecule has 2 heterocycles. The van der Waals surface area contributed by atoms with Crippen LogP contribution in [0.15, 0.2) is 72.1 Å². The lowest BCUT2D eigenvalue weighted by molar-refractivity contribution is -0.123. The second-order valence-corrected chi connectivity index (χ2v) is 7.59. The molecule has 166 valence electrons. The molecule has 9 nitrogen and oxygen atoms in total. The Morgan fingerprint density at radius 3 is 2.48 bits per heavy atom. The maximum atomic E-state index is 12.5. The minimum absolute atomic E-state index is 0.184. The minimum Gasteiger partial charge on any atom is -0.496 e. The average molecular weight is 462 g/mol. The maximum absolute atomic E-state index is 12.5. The van der Waals surface area contributed by atoms with Gasteiger partial charge in [-0.25, -0.2) is 9.48 Å². The van der Waals surface area contributed by atoms with Crippen molar-refractivity contribution in [2.75, 3.05) is 13.7 Å². The number of nitrogens with zero attached hydrogens (tertiary/aromatic N) is 3. The molecule has 4 aromatic rings. The van der Waals surface area contributed by atoms with Crippen molar-refractivity contribution >= 4 is 29.1 Å². The van der Waals surface area contributed by atoms with Crippen LogP contribution in [0.4, 0.5) is 0 Å². The summed E-state index contributed by atoms with van der Waals surface area (Å²) in [7, 11) is 1.42. The van der Waals surface area contributed by atoms with Gasteiger partial charge in [-0.1, -0.05) is 36.4 Å². The van der Waals surface area contributed by atoms with Gasteiger partial charge in [0.1, 0.15) is 5.75 Å². The average Bonchev–Trinajstić information content (AvgIpc) is 3.53. The van der Waals surface area contributed by atoms with Crippen LogP contribution in [0.5, 0.6) is 5.75 Å². The van der Waals surface area contributed by atoms with Crippen molar-refractivity contribution in [2.45, 2.75) is 0 Å². The fourth-order valence-electron chi connectivity index (χ4n) is 2.97. The molecule has 2 aromatic carbocycles. The Balaban J connectivity index is 1.45. The summed E-state index contributed by atoms with van der Waals surface area (Å²) in [5.74, 6) is -1.76. The van der Waals surface area contributed by atoms with Gasteiger partial charge in [0.25, 0.3) is 17.6 Å². The number of hydrogen-bond donors (Lipinski definition) is 1. The molecule has 0 saturated carbocycles. The van der Waals surface area contributed by atoms with Crippen molar-refractivity contribution in [3.05, 3.63) is 83.5 Å². The molecule has 2 aromatic heterocycles. The number of nitrogens with one attached hydrogen (secondary N) is 1. The summed E-state index contributed by atoms with van der Waals surface area (Å²) in [5.41, 5.74) is 0.899. The molecule has 2 amide bonds. The Bertz CT molecular complexity index is 1290. The monoisotopic (exact) mass is 462 g/mol. The number of para-hydroxylation sites is 2. The molecule has 0 aliphatic heterocycles. The van der Waals surface area contributed by atoms with E-state index in [1.165, 1.54) is 29.2 Å². The van der Waals surface area contributed by atoms with E-state index in [-0.39, 0.29) is 11.4 Å². The molecule has 0 unspecified atom stereocenters. The quantitative estimate of drug-likeness (QED) is 0.420. The highest BCUT2D eigenvalue weighted by molar-refractivity contribution is 7.13. The van der Waals surface area contributed by atoms with Crippen molar-refractivity contribution in [3.63, 3.8) is 0 Å². The topological polar surface area (TPSA) is 112 Å². The molecule has 4 rings (SSSR count). The van der Waals surface area contributed by atoms with Crippen molar-refractivity contribution in [2.24, 2.45) is 0 Å². The molecule has 0 fully saturated rings. The molecular weight excluding hydrogens is 444 g/mol. The van der Waals surface area contributed by atoms with Gasteiger partial charge < -0.3 is 9.47 Å². The summed E-state index contributed by atoms with van der Waals surface area (Å²) >= 11 is 1.45. The number of benzene rings is 2. The highest BCUT2D eigenvalue weighted by Crippen LogP contribution is 2.25. The zero-order valence-corrected chi connectivity index (χ0v) is 18.2. The van der Waals surface area contributed by atoms with Crippen LogP contribution in [0.3, 0.4) is 0 Å². The van der Waals surface area contributed by atoms with Gasteiger partial charge in [0.15, 0.2) is 12.4 Å². The Labute approximate surface area is 192 Å². The smallest absolute Gasteiger partial charge is 0.378 e. The van der Waals surface area contributed by atoms with E-state index >= 15 is 0 Å². The van der Waals surface area contributed by atoms with Gasteiger partial charge in [-0.2, -0.15) is 4.98 Å². The summed E-state index contributed by atoms with van der Waals surface area (Å²) < 4.78 is 11.7. The van der Waals surface area contributed by atoms with Gasteiger partial charge >= 0.3 is 5.97 Å². The first-order chi connectivity index (χ1) is 16.1. The van der Waals surface area contributed by atoms with Crippen LogP contribution < -0.4 is 10.1 Å². The lowest BCUT2D eigenvalue weighted by Crippen LogP contribution is -2.34. The second-order valence-electron chi connectivity index (χ2n) is 6.64. The molecule has 10 heteroatoms. The van der Waals surface area contributed by atoms with E-state index in [9.17, 15) is 14.4 Å². The Hall–Kier alpha value is -4.31. The Morgan fingerprint density at radius 2 is 1.76 bits per heavy atom. The normalized spacial score (nSPS) is 10.5. The number of methoxy groups -OCH3 is 1. The number of thiophene rings is 1. The summed E-state index contributed by atoms with van der Waals surface area (Å²) in [6.45, 7) is -0.673. The third-order valence-corrected chi connectivity index (χ3v) is 5.34. The van der Waals surface area contributed by atoms with Gasteiger partial charge in [0, 0.05) is 0 Å². The SMILES string of the molecule is COc1ccccc1C(=O)NC(=O)COC(=O)c1nc(-c2cccs2)n(-c2ccccc2)n1. The minimum atomic E-state index is -0.887. The van der Waals surface area contributed by atoms with Crippen LogP contribution in [0.2, 0.25) is 0 Å². The highest BCUT2D eigenvalue weighted by Gasteiger charge is 2.22. The number of rotatable bonds is 7. The van der Waals surface area contributed by atoms with Crippen LogP contribution in [0, 0.1) is 0 Å². The summed E-state index contributed by atoms with van der Waals surface area (Å²) in [6.07, 6.45) is 0. The van der Waals surface area contributed by atoms with E-state index in [0.717, 1.165) is 4.88 Å². The molecule has 0 atom stereocenters. The molecule has 0 spiro atoms. The first-order valence-corrected chi connectivity index (χ1v) is 10.7. The predicted octanol–water partition coefficient (Wildman–Crippen LogP) is 3.12. The summed E-state index contributed by atoms with van der Waals surface area (Å²) in [4.78, 5) is 42.1. The number of hydrogen-bond acceptors (Lipinski definition) is 8. The lowest BCUT2D eigenvalue weighted by Gasteiger charge is -2.08. The van der Waals surface area contributed by atoms with E-state index in [4.69, 9.17) is 9.47 Å². The largest absolute Gasteiger partial charge is 0.496 e. The molecular formula is C23H18N4O5S. The fourth-order valence-corrected chi connectivity index (χ4v) is 3.67. The van der Waals surface area contributed by atoms with Crippen LogP contribution in [-0.4, -0.2) is 46.3 Å². The molecule has 33 heavy (non-hydrogen) atoms. The van der Waals surface area contributed by atoms with Gasteiger partial charge in [0.2, 0.25) is 0 Å². The Kier molecular flexibility index (Phi) is 6.56. The lowest BCUT2D eigenvalue weighted by atomic mass is 10.2. The van der Waals surface area contributed by atoms with Crippen LogP contribution in [-0.2, 0) is 9.53 Å². The van der Waals surface area contributed by atoms with Gasteiger partial charge in [-0.3, -0.25) is 14.9 Å². The van der Waals surface area contributed by atoms with Crippen molar-refractivity contribution < 1.29 is 23.9 Å². The van der Waals surface area contributed by atoms with Crippen LogP contribution in [0.1, 0.15) is 21.0 Å².